The zero-order valence-corrected chi connectivity index (χ0v) is 6.15. The number of aromatic nitrogens is 2. The summed E-state index contributed by atoms with van der Waals surface area (Å²) in [6, 6.07) is 0. The first-order valence-corrected chi connectivity index (χ1v) is 2.97. The van der Waals surface area contributed by atoms with Crippen molar-refractivity contribution < 1.29 is 0 Å². The summed E-state index contributed by atoms with van der Waals surface area (Å²) in [7, 11) is 1.76. The van der Waals surface area contributed by atoms with E-state index in [9.17, 15) is 0 Å². The molecule has 11 heavy (non-hydrogen) atoms. The Morgan fingerprint density at radius 3 is 2.73 bits per heavy atom. The third-order valence-corrected chi connectivity index (χ3v) is 1.36. The Bertz CT molecular complexity index is 285. The van der Waals surface area contributed by atoms with Crippen LogP contribution >= 0.6 is 0 Å². The van der Waals surface area contributed by atoms with Crippen LogP contribution in [0, 0.1) is 0 Å². The number of amidine groups is 1. The largest absolute Gasteiger partial charge is 0.383 e. The number of nitrogens with two attached hydrogens (primary N) is 3. The van der Waals surface area contributed by atoms with Gasteiger partial charge in [-0.15, -0.1) is 0 Å². The van der Waals surface area contributed by atoms with Gasteiger partial charge in [0.05, 0.1) is 6.33 Å². The first-order valence-electron chi connectivity index (χ1n) is 2.97. The van der Waals surface area contributed by atoms with Crippen molar-refractivity contribution in [1.82, 2.24) is 9.55 Å². The number of hydrogen-bond acceptors (Lipinski definition) is 4. The van der Waals surface area contributed by atoms with Gasteiger partial charge >= 0.3 is 0 Å². The van der Waals surface area contributed by atoms with Crippen LogP contribution in [0.4, 0.5) is 5.82 Å². The van der Waals surface area contributed by atoms with Crippen LogP contribution < -0.4 is 17.3 Å². The Morgan fingerprint density at radius 2 is 2.36 bits per heavy atom. The molecule has 0 saturated carbocycles. The normalized spacial score (nSPS) is 11.9. The highest BCUT2D eigenvalue weighted by Crippen LogP contribution is 2.05. The molecule has 0 aliphatic rings. The molecule has 1 rings (SSSR count). The van der Waals surface area contributed by atoms with E-state index in [4.69, 9.17) is 17.3 Å². The van der Waals surface area contributed by atoms with E-state index >= 15 is 0 Å². The summed E-state index contributed by atoms with van der Waals surface area (Å²) in [5.41, 5.74) is 11.4. The molecule has 0 unspecified atom stereocenters. The Balaban J connectivity index is 3.15. The monoisotopic (exact) mass is 154 g/mol. The van der Waals surface area contributed by atoms with Crippen LogP contribution in [0.25, 0.3) is 0 Å². The number of hydrogen-bond donors (Lipinski definition) is 3. The molecular weight excluding hydrogens is 144 g/mol. The summed E-state index contributed by atoms with van der Waals surface area (Å²) in [5.74, 6) is 5.54. The number of nitrogens with zero attached hydrogens (tertiary/aromatic N) is 3. The van der Waals surface area contributed by atoms with Crippen molar-refractivity contribution in [3.05, 3.63) is 12.0 Å². The molecule has 6 nitrogen and oxygen atoms in total. The fourth-order valence-electron chi connectivity index (χ4n) is 0.698. The SMILES string of the molecule is Cn1cnc(/C(N)=N\N)c1N. The highest BCUT2D eigenvalue weighted by atomic mass is 15.2. The van der Waals surface area contributed by atoms with Crippen LogP contribution in [-0.4, -0.2) is 15.4 Å². The molecule has 0 bridgehead atoms. The molecule has 0 aromatic carbocycles. The predicted molar refractivity (Wildman–Crippen MR) is 42.5 cm³/mol. The first kappa shape index (κ1) is 7.39. The molecule has 0 saturated heterocycles. The van der Waals surface area contributed by atoms with Crippen LogP contribution in [0.1, 0.15) is 5.69 Å². The van der Waals surface area contributed by atoms with Crippen molar-refractivity contribution in [1.29, 1.82) is 0 Å². The van der Waals surface area contributed by atoms with Crippen LogP contribution in [0.5, 0.6) is 0 Å². The number of rotatable bonds is 1. The van der Waals surface area contributed by atoms with Gasteiger partial charge in [0.1, 0.15) is 11.5 Å². The van der Waals surface area contributed by atoms with Gasteiger partial charge in [-0.3, -0.25) is 0 Å². The quantitative estimate of drug-likeness (QED) is 0.199. The Labute approximate surface area is 63.7 Å². The molecule has 0 aliphatic heterocycles. The molecule has 6 N–H and O–H groups in total. The lowest BCUT2D eigenvalue weighted by molar-refractivity contribution is 0.925. The zero-order valence-electron chi connectivity index (χ0n) is 6.15. The fourth-order valence-corrected chi connectivity index (χ4v) is 0.698. The van der Waals surface area contributed by atoms with Gasteiger partial charge in [0.25, 0.3) is 0 Å². The van der Waals surface area contributed by atoms with E-state index in [1.165, 1.54) is 0 Å². The third-order valence-electron chi connectivity index (χ3n) is 1.36. The van der Waals surface area contributed by atoms with E-state index in [0.717, 1.165) is 0 Å². The number of aryl methyl sites for hydroxylation is 1. The van der Waals surface area contributed by atoms with E-state index in [0.29, 0.717) is 11.5 Å². The number of hydrazone groups is 1. The van der Waals surface area contributed by atoms with E-state index < -0.39 is 0 Å². The topological polar surface area (TPSA) is 108 Å². The molecule has 1 aromatic heterocycles. The molecule has 0 atom stereocenters. The minimum absolute atomic E-state index is 0.142. The number of anilines is 1. The van der Waals surface area contributed by atoms with Crippen molar-refractivity contribution in [2.75, 3.05) is 5.73 Å². The van der Waals surface area contributed by atoms with Gasteiger partial charge in [0, 0.05) is 7.05 Å². The summed E-state index contributed by atoms with van der Waals surface area (Å²) < 4.78 is 1.63. The van der Waals surface area contributed by atoms with Gasteiger partial charge in [-0.1, -0.05) is 0 Å². The zero-order chi connectivity index (χ0) is 8.43. The molecule has 0 radical (unpaired) electrons. The number of nitrogen functional groups attached to an aromatic ring is 1. The fraction of sp³-hybridized carbons (Fsp3) is 0.200. The molecule has 0 amide bonds. The molecule has 60 valence electrons. The number of imidazole rings is 1. The molecule has 1 heterocycles. The minimum atomic E-state index is 0.142. The molecular formula is C5H10N6. The summed E-state index contributed by atoms with van der Waals surface area (Å²) in [6.45, 7) is 0. The molecule has 0 fully saturated rings. The van der Waals surface area contributed by atoms with Gasteiger partial charge in [0.15, 0.2) is 5.84 Å². The van der Waals surface area contributed by atoms with E-state index in [1.54, 1.807) is 17.9 Å². The van der Waals surface area contributed by atoms with Gasteiger partial charge in [0.2, 0.25) is 0 Å². The highest BCUT2D eigenvalue weighted by molar-refractivity contribution is 5.99. The average molecular weight is 154 g/mol. The average Bonchev–Trinajstić information content (AvgIpc) is 2.32. The molecule has 6 heteroatoms. The van der Waals surface area contributed by atoms with Crippen molar-refractivity contribution in [3.8, 4) is 0 Å². The van der Waals surface area contributed by atoms with Crippen LogP contribution in [0.3, 0.4) is 0 Å². The van der Waals surface area contributed by atoms with Crippen molar-refractivity contribution in [3.63, 3.8) is 0 Å². The summed E-state index contributed by atoms with van der Waals surface area (Å²) in [6.07, 6.45) is 1.54. The predicted octanol–water partition coefficient (Wildman–Crippen LogP) is -1.42. The van der Waals surface area contributed by atoms with Crippen molar-refractivity contribution in [2.24, 2.45) is 23.7 Å². The van der Waals surface area contributed by atoms with E-state index in [-0.39, 0.29) is 5.84 Å². The minimum Gasteiger partial charge on any atom is -0.383 e. The van der Waals surface area contributed by atoms with Crippen molar-refractivity contribution in [2.45, 2.75) is 0 Å². The maximum Gasteiger partial charge on any atom is 0.172 e. The lowest BCUT2D eigenvalue weighted by Crippen LogP contribution is -2.18. The molecule has 0 aliphatic carbocycles. The van der Waals surface area contributed by atoms with Crippen LogP contribution in [-0.2, 0) is 7.05 Å². The summed E-state index contributed by atoms with van der Waals surface area (Å²) in [5, 5.41) is 3.27. The molecule has 0 spiro atoms. The second-order valence-electron chi connectivity index (χ2n) is 2.10. The van der Waals surface area contributed by atoms with Gasteiger partial charge in [-0.05, 0) is 0 Å². The van der Waals surface area contributed by atoms with Crippen LogP contribution in [0.2, 0.25) is 0 Å². The van der Waals surface area contributed by atoms with Gasteiger partial charge < -0.3 is 21.9 Å². The Hall–Kier alpha value is -1.72. The standard InChI is InChI=1S/C5H10N6/c1-11-2-9-3(5(11)7)4(6)10-8/h2H,7-8H2,1H3,(H2,6,10). The second-order valence-corrected chi connectivity index (χ2v) is 2.10. The molecule has 1 aromatic rings. The van der Waals surface area contributed by atoms with Gasteiger partial charge in [-0.2, -0.15) is 5.10 Å². The smallest absolute Gasteiger partial charge is 0.172 e. The highest BCUT2D eigenvalue weighted by Gasteiger charge is 2.07. The van der Waals surface area contributed by atoms with Crippen LogP contribution in [0.15, 0.2) is 11.4 Å². The second kappa shape index (κ2) is 2.49. The summed E-state index contributed by atoms with van der Waals surface area (Å²) >= 11 is 0. The first-order chi connectivity index (χ1) is 5.16. The Morgan fingerprint density at radius 1 is 1.73 bits per heavy atom. The van der Waals surface area contributed by atoms with Gasteiger partial charge in [-0.25, -0.2) is 4.98 Å². The van der Waals surface area contributed by atoms with E-state index in [1.807, 2.05) is 0 Å². The summed E-state index contributed by atoms with van der Waals surface area (Å²) in [4.78, 5) is 3.89. The maximum atomic E-state index is 5.56. The Kier molecular flexibility index (Phi) is 1.67. The maximum absolute atomic E-state index is 5.56. The third kappa shape index (κ3) is 1.09. The lowest BCUT2D eigenvalue weighted by Gasteiger charge is -1.96. The lowest BCUT2D eigenvalue weighted by atomic mass is 10.4. The van der Waals surface area contributed by atoms with E-state index in [2.05, 4.69) is 10.1 Å². The van der Waals surface area contributed by atoms with Crippen molar-refractivity contribution >= 4 is 11.7 Å².